The summed E-state index contributed by atoms with van der Waals surface area (Å²) in [5.74, 6) is 0.302. The fourth-order valence-electron chi connectivity index (χ4n) is 4.64. The van der Waals surface area contributed by atoms with Gasteiger partial charge in [-0.1, -0.05) is 42.5 Å². The smallest absolute Gasteiger partial charge is 0.155 e. The summed E-state index contributed by atoms with van der Waals surface area (Å²) in [6.45, 7) is 4.92. The minimum absolute atomic E-state index is 0. The number of aliphatic hydroxyl groups excluding tert-OH is 1. The third-order valence-corrected chi connectivity index (χ3v) is 6.43. The molecule has 0 bridgehead atoms. The van der Waals surface area contributed by atoms with Crippen LogP contribution in [0.2, 0.25) is 0 Å². The van der Waals surface area contributed by atoms with E-state index in [4.69, 9.17) is 0 Å². The molecule has 0 saturated carbocycles. The van der Waals surface area contributed by atoms with Gasteiger partial charge in [0.15, 0.2) is 5.82 Å². The molecule has 182 valence electrons. The van der Waals surface area contributed by atoms with Gasteiger partial charge in [-0.05, 0) is 18.6 Å². The average molecular weight is 495 g/mol. The van der Waals surface area contributed by atoms with Gasteiger partial charge in [0, 0.05) is 61.0 Å². The Morgan fingerprint density at radius 2 is 1.77 bits per heavy atom. The van der Waals surface area contributed by atoms with E-state index in [0.717, 1.165) is 37.7 Å². The van der Waals surface area contributed by atoms with Crippen molar-refractivity contribution < 1.29 is 9.50 Å². The number of H-pyrrole nitrogens is 1. The van der Waals surface area contributed by atoms with Crippen LogP contribution in [0.25, 0.3) is 11.3 Å². The number of nitrogens with zero attached hydrogens (tertiary/aromatic N) is 5. The molecule has 35 heavy (non-hydrogen) atoms. The van der Waals surface area contributed by atoms with Gasteiger partial charge in [0.1, 0.15) is 11.5 Å². The monoisotopic (exact) mass is 494 g/mol. The maximum Gasteiger partial charge on any atom is 0.155 e. The molecule has 1 saturated heterocycles. The number of hydrogen-bond acceptors (Lipinski definition) is 6. The maximum atomic E-state index is 14.3. The zero-order valence-electron chi connectivity index (χ0n) is 19.4. The molecule has 0 amide bonds. The number of halogens is 2. The van der Waals surface area contributed by atoms with E-state index in [1.54, 1.807) is 24.5 Å². The summed E-state index contributed by atoms with van der Waals surface area (Å²) in [5, 5.41) is 16.6. The van der Waals surface area contributed by atoms with Crippen molar-refractivity contribution in [1.82, 2.24) is 25.1 Å². The lowest BCUT2D eigenvalue weighted by atomic mass is 9.97. The number of nitrogens with one attached hydrogen (secondary N) is 1. The summed E-state index contributed by atoms with van der Waals surface area (Å²) in [6.07, 6.45) is 5.22. The first kappa shape index (κ1) is 24.8. The van der Waals surface area contributed by atoms with E-state index < -0.39 is 5.82 Å². The number of aromatic amines is 1. The fraction of sp³-hybridized carbons (Fsp3) is 0.269. The molecule has 1 aliphatic heterocycles. The number of rotatable bonds is 6. The lowest BCUT2D eigenvalue weighted by molar-refractivity contribution is 0.211. The number of hydrogen-bond donors (Lipinski definition) is 2. The summed E-state index contributed by atoms with van der Waals surface area (Å²) in [7, 11) is 0. The quantitative estimate of drug-likeness (QED) is 0.419. The van der Waals surface area contributed by atoms with Crippen LogP contribution in [0.1, 0.15) is 28.4 Å². The number of aromatic nitrogens is 4. The predicted molar refractivity (Wildman–Crippen MR) is 136 cm³/mol. The zero-order chi connectivity index (χ0) is 23.5. The molecule has 2 N–H and O–H groups in total. The van der Waals surface area contributed by atoms with Gasteiger partial charge in [0.25, 0.3) is 0 Å². The Kier molecular flexibility index (Phi) is 7.75. The molecule has 1 aliphatic rings. The second-order valence-electron chi connectivity index (χ2n) is 8.48. The summed E-state index contributed by atoms with van der Waals surface area (Å²) in [6, 6.07) is 15.4. The molecule has 7 nitrogen and oxygen atoms in total. The van der Waals surface area contributed by atoms with Gasteiger partial charge in [0.05, 0.1) is 18.8 Å². The topological polar surface area (TPSA) is 81.2 Å². The van der Waals surface area contributed by atoms with Crippen molar-refractivity contribution in [3.63, 3.8) is 0 Å². The molecular formula is C26H28ClFN6O. The Balaban J connectivity index is 0.00000289. The molecule has 4 aromatic rings. The Hall–Kier alpha value is -3.33. The van der Waals surface area contributed by atoms with Crippen LogP contribution in [0.15, 0.2) is 67.1 Å². The molecule has 0 aliphatic carbocycles. The highest BCUT2D eigenvalue weighted by Crippen LogP contribution is 2.33. The van der Waals surface area contributed by atoms with Gasteiger partial charge in [-0.2, -0.15) is 5.10 Å². The Morgan fingerprint density at radius 3 is 2.43 bits per heavy atom. The van der Waals surface area contributed by atoms with Crippen molar-refractivity contribution in [2.75, 3.05) is 31.1 Å². The molecule has 1 atom stereocenters. The SMILES string of the molecule is Cc1[nH]ncc1C(c1ccccc1)N1CCN(c2nccnc2-c2ccc(CO)c(F)c2)CC1.Cl. The van der Waals surface area contributed by atoms with Crippen LogP contribution in [0.4, 0.5) is 10.2 Å². The van der Waals surface area contributed by atoms with Crippen LogP contribution in [0.5, 0.6) is 0 Å². The van der Waals surface area contributed by atoms with Crippen molar-refractivity contribution in [3.8, 4) is 11.3 Å². The second-order valence-corrected chi connectivity index (χ2v) is 8.48. The van der Waals surface area contributed by atoms with Gasteiger partial charge in [-0.3, -0.25) is 15.0 Å². The van der Waals surface area contributed by atoms with Gasteiger partial charge < -0.3 is 10.0 Å². The van der Waals surface area contributed by atoms with E-state index in [-0.39, 0.29) is 30.6 Å². The van der Waals surface area contributed by atoms with Gasteiger partial charge >= 0.3 is 0 Å². The third kappa shape index (κ3) is 5.05. The number of aliphatic hydroxyl groups is 1. The highest BCUT2D eigenvalue weighted by Gasteiger charge is 2.29. The van der Waals surface area contributed by atoms with Crippen molar-refractivity contribution in [1.29, 1.82) is 0 Å². The van der Waals surface area contributed by atoms with E-state index >= 15 is 0 Å². The van der Waals surface area contributed by atoms with Crippen LogP contribution in [-0.4, -0.2) is 56.4 Å². The average Bonchev–Trinajstić information content (AvgIpc) is 3.30. The molecule has 5 rings (SSSR count). The fourth-order valence-corrected chi connectivity index (χ4v) is 4.64. The van der Waals surface area contributed by atoms with Crippen molar-refractivity contribution >= 4 is 18.2 Å². The first-order valence-corrected chi connectivity index (χ1v) is 11.4. The highest BCUT2D eigenvalue weighted by atomic mass is 35.5. The van der Waals surface area contributed by atoms with Crippen molar-refractivity contribution in [3.05, 3.63) is 95.3 Å². The molecule has 1 fully saturated rings. The molecule has 3 heterocycles. The van der Waals surface area contributed by atoms with Gasteiger partial charge in [-0.15, -0.1) is 12.4 Å². The Morgan fingerprint density at radius 1 is 1.03 bits per heavy atom. The largest absolute Gasteiger partial charge is 0.392 e. The molecule has 0 radical (unpaired) electrons. The minimum Gasteiger partial charge on any atom is -0.392 e. The van der Waals surface area contributed by atoms with Gasteiger partial charge in [-0.25, -0.2) is 9.37 Å². The standard InChI is InChI=1S/C26H27FN6O.ClH/c1-18-22(16-30-31-18)25(19-5-3-2-4-6-19)32-11-13-33(14-12-32)26-24(28-9-10-29-26)20-7-8-21(17-34)23(27)15-20;/h2-10,15-16,25,34H,11-14,17H2,1H3,(H,30,31);1H. The zero-order valence-corrected chi connectivity index (χ0v) is 20.2. The van der Waals surface area contributed by atoms with Crippen LogP contribution in [0, 0.1) is 12.7 Å². The van der Waals surface area contributed by atoms with Crippen LogP contribution < -0.4 is 4.90 Å². The number of aryl methyl sites for hydroxylation is 1. The Bertz CT molecular complexity index is 1260. The molecular weight excluding hydrogens is 467 g/mol. The third-order valence-electron chi connectivity index (χ3n) is 6.43. The number of benzene rings is 2. The highest BCUT2D eigenvalue weighted by molar-refractivity contribution is 5.85. The molecule has 9 heteroatoms. The van der Waals surface area contributed by atoms with Crippen molar-refractivity contribution in [2.45, 2.75) is 19.6 Å². The van der Waals surface area contributed by atoms with E-state index in [2.05, 4.69) is 61.2 Å². The lowest BCUT2D eigenvalue weighted by Gasteiger charge is -2.40. The van der Waals surface area contributed by atoms with E-state index in [0.29, 0.717) is 11.3 Å². The first-order valence-electron chi connectivity index (χ1n) is 11.4. The predicted octanol–water partition coefficient (Wildman–Crippen LogP) is 4.14. The second kappa shape index (κ2) is 10.9. The summed E-state index contributed by atoms with van der Waals surface area (Å²) in [5.41, 5.74) is 5.05. The maximum absolute atomic E-state index is 14.3. The molecule has 0 spiro atoms. The molecule has 2 aromatic carbocycles. The van der Waals surface area contributed by atoms with Crippen LogP contribution in [0.3, 0.4) is 0 Å². The lowest BCUT2D eigenvalue weighted by Crippen LogP contribution is -2.48. The first-order chi connectivity index (χ1) is 16.7. The summed E-state index contributed by atoms with van der Waals surface area (Å²) < 4.78 is 14.3. The molecule has 2 aromatic heterocycles. The molecule has 1 unspecified atom stereocenters. The van der Waals surface area contributed by atoms with E-state index in [9.17, 15) is 9.50 Å². The van der Waals surface area contributed by atoms with E-state index in [1.165, 1.54) is 17.2 Å². The van der Waals surface area contributed by atoms with Crippen LogP contribution >= 0.6 is 12.4 Å². The summed E-state index contributed by atoms with van der Waals surface area (Å²) >= 11 is 0. The Labute approximate surface area is 210 Å². The van der Waals surface area contributed by atoms with Gasteiger partial charge in [0.2, 0.25) is 0 Å². The van der Waals surface area contributed by atoms with Crippen molar-refractivity contribution in [2.24, 2.45) is 0 Å². The number of anilines is 1. The van der Waals surface area contributed by atoms with Crippen LogP contribution in [-0.2, 0) is 6.61 Å². The summed E-state index contributed by atoms with van der Waals surface area (Å²) in [4.78, 5) is 13.8. The normalized spacial score (nSPS) is 15.0. The van der Waals surface area contributed by atoms with E-state index in [1.807, 2.05) is 12.3 Å². The minimum atomic E-state index is -0.442. The number of piperazine rings is 1.